The summed E-state index contributed by atoms with van der Waals surface area (Å²) < 4.78 is 5.37. The van der Waals surface area contributed by atoms with Crippen molar-refractivity contribution in [2.75, 3.05) is 18.9 Å². The Bertz CT molecular complexity index is 388. The predicted octanol–water partition coefficient (Wildman–Crippen LogP) is 2.81. The molecule has 0 aromatic heterocycles. The van der Waals surface area contributed by atoms with Gasteiger partial charge in [-0.25, -0.2) is 0 Å². The van der Waals surface area contributed by atoms with E-state index in [0.29, 0.717) is 28.1 Å². The molecule has 94 valence electrons. The zero-order valence-electron chi connectivity index (χ0n) is 9.08. The first-order valence-electron chi connectivity index (χ1n) is 5.09. The third-order valence-corrected chi connectivity index (χ3v) is 2.96. The topological polar surface area (TPSA) is 38.3 Å². The van der Waals surface area contributed by atoms with E-state index in [2.05, 4.69) is 17.9 Å². The van der Waals surface area contributed by atoms with E-state index < -0.39 is 0 Å². The van der Waals surface area contributed by atoms with Gasteiger partial charge in [0, 0.05) is 12.3 Å². The largest absolute Gasteiger partial charge is 0.491 e. The average Bonchev–Trinajstić information content (AvgIpc) is 2.32. The molecule has 6 heteroatoms. The molecule has 0 fully saturated rings. The van der Waals surface area contributed by atoms with Crippen LogP contribution >= 0.6 is 35.8 Å². The third-order valence-electron chi connectivity index (χ3n) is 1.94. The first kappa shape index (κ1) is 14.5. The van der Waals surface area contributed by atoms with Crippen LogP contribution in [0.3, 0.4) is 0 Å². The normalized spacial score (nSPS) is 10.1. The molecule has 3 nitrogen and oxygen atoms in total. The van der Waals surface area contributed by atoms with Crippen LogP contribution in [0.15, 0.2) is 18.2 Å². The van der Waals surface area contributed by atoms with Crippen molar-refractivity contribution in [1.82, 2.24) is 5.32 Å². The fourth-order valence-corrected chi connectivity index (χ4v) is 1.59. The average molecular weight is 294 g/mol. The van der Waals surface area contributed by atoms with Crippen LogP contribution in [-0.4, -0.2) is 24.8 Å². The van der Waals surface area contributed by atoms with Gasteiger partial charge in [-0.05, 0) is 12.1 Å². The van der Waals surface area contributed by atoms with Gasteiger partial charge in [0.05, 0.1) is 18.1 Å². The van der Waals surface area contributed by atoms with Crippen LogP contribution in [0.4, 0.5) is 0 Å². The Labute approximate surface area is 116 Å². The van der Waals surface area contributed by atoms with Crippen LogP contribution in [0.5, 0.6) is 5.75 Å². The Hall–Kier alpha value is -0.580. The van der Waals surface area contributed by atoms with E-state index in [9.17, 15) is 4.79 Å². The number of halogens is 2. The van der Waals surface area contributed by atoms with Gasteiger partial charge in [-0.1, -0.05) is 29.3 Å². The highest BCUT2D eigenvalue weighted by atomic mass is 35.5. The van der Waals surface area contributed by atoms with E-state index >= 15 is 0 Å². The highest BCUT2D eigenvalue weighted by Crippen LogP contribution is 2.31. The quantitative estimate of drug-likeness (QED) is 0.792. The number of amides is 1. The molecule has 0 aliphatic carbocycles. The number of nitrogens with one attached hydrogen (secondary N) is 1. The summed E-state index contributed by atoms with van der Waals surface area (Å²) in [6, 6.07) is 5.13. The van der Waals surface area contributed by atoms with Crippen molar-refractivity contribution < 1.29 is 9.53 Å². The van der Waals surface area contributed by atoms with Gasteiger partial charge in [0.2, 0.25) is 5.91 Å². The minimum atomic E-state index is -0.0720. The van der Waals surface area contributed by atoms with Crippen LogP contribution in [0.2, 0.25) is 10.0 Å². The summed E-state index contributed by atoms with van der Waals surface area (Å²) in [5.74, 6) is 1.03. The number of hydrogen-bond donors (Lipinski definition) is 2. The highest BCUT2D eigenvalue weighted by molar-refractivity contribution is 7.80. The minimum absolute atomic E-state index is 0.0720. The third kappa shape index (κ3) is 5.06. The fourth-order valence-electron chi connectivity index (χ4n) is 1.13. The summed E-state index contributed by atoms with van der Waals surface area (Å²) in [7, 11) is 0. The smallest absolute Gasteiger partial charge is 0.223 e. The summed E-state index contributed by atoms with van der Waals surface area (Å²) in [5.41, 5.74) is 0. The zero-order valence-corrected chi connectivity index (χ0v) is 11.5. The van der Waals surface area contributed by atoms with Gasteiger partial charge in [0.25, 0.3) is 0 Å². The molecule has 0 atom stereocenters. The molecule has 0 aliphatic heterocycles. The van der Waals surface area contributed by atoms with Crippen LogP contribution in [0.25, 0.3) is 0 Å². The SMILES string of the molecule is O=C(CCOc1cccc(Cl)c1Cl)NCCS. The van der Waals surface area contributed by atoms with Gasteiger partial charge in [-0.2, -0.15) is 12.6 Å². The standard InChI is InChI=1S/C11H13Cl2NO2S/c12-8-2-1-3-9(11(8)13)16-6-4-10(15)14-5-7-17/h1-3,17H,4-7H2,(H,14,15). The summed E-state index contributed by atoms with van der Waals surface area (Å²) in [4.78, 5) is 11.3. The van der Waals surface area contributed by atoms with E-state index in [1.165, 1.54) is 0 Å². The fraction of sp³-hybridized carbons (Fsp3) is 0.364. The van der Waals surface area contributed by atoms with E-state index in [0.717, 1.165) is 0 Å². The van der Waals surface area contributed by atoms with Crippen molar-refractivity contribution in [3.63, 3.8) is 0 Å². The van der Waals surface area contributed by atoms with Crippen LogP contribution in [0, 0.1) is 0 Å². The maximum atomic E-state index is 11.3. The minimum Gasteiger partial charge on any atom is -0.491 e. The van der Waals surface area contributed by atoms with Crippen molar-refractivity contribution >= 4 is 41.7 Å². The second-order valence-electron chi connectivity index (χ2n) is 3.22. The second-order valence-corrected chi connectivity index (χ2v) is 4.46. The van der Waals surface area contributed by atoms with Gasteiger partial charge in [0.1, 0.15) is 10.8 Å². The molecule has 0 heterocycles. The van der Waals surface area contributed by atoms with Gasteiger partial charge in [-0.15, -0.1) is 0 Å². The van der Waals surface area contributed by atoms with Gasteiger partial charge in [-0.3, -0.25) is 4.79 Å². The number of hydrogen-bond acceptors (Lipinski definition) is 3. The maximum absolute atomic E-state index is 11.3. The molecule has 0 aliphatic rings. The second kappa shape index (κ2) is 7.69. The molecule has 1 aromatic carbocycles. The molecule has 17 heavy (non-hydrogen) atoms. The number of ether oxygens (including phenoxy) is 1. The molecule has 0 saturated carbocycles. The molecule has 0 bridgehead atoms. The van der Waals surface area contributed by atoms with Crippen LogP contribution in [-0.2, 0) is 4.79 Å². The maximum Gasteiger partial charge on any atom is 0.223 e. The number of benzene rings is 1. The summed E-state index contributed by atoms with van der Waals surface area (Å²) in [6.45, 7) is 0.818. The van der Waals surface area contributed by atoms with Crippen molar-refractivity contribution in [3.05, 3.63) is 28.2 Å². The van der Waals surface area contributed by atoms with Gasteiger partial charge < -0.3 is 10.1 Å². The predicted molar refractivity (Wildman–Crippen MR) is 73.4 cm³/mol. The van der Waals surface area contributed by atoms with E-state index in [1.807, 2.05) is 0 Å². The van der Waals surface area contributed by atoms with Gasteiger partial charge >= 0.3 is 0 Å². The van der Waals surface area contributed by atoms with E-state index in [4.69, 9.17) is 27.9 Å². The molecule has 1 rings (SSSR count). The Kier molecular flexibility index (Phi) is 6.55. The molecular formula is C11H13Cl2NO2S. The molecule has 1 N–H and O–H groups in total. The molecule has 0 spiro atoms. The van der Waals surface area contributed by atoms with Crippen molar-refractivity contribution in [3.8, 4) is 5.75 Å². The first-order chi connectivity index (χ1) is 8.15. The number of thiol groups is 1. The van der Waals surface area contributed by atoms with Crippen LogP contribution in [0.1, 0.15) is 6.42 Å². The lowest BCUT2D eigenvalue weighted by Gasteiger charge is -2.08. The number of rotatable bonds is 6. The lowest BCUT2D eigenvalue weighted by atomic mass is 10.3. The lowest BCUT2D eigenvalue weighted by molar-refractivity contribution is -0.121. The Morgan fingerprint density at radius 3 is 2.88 bits per heavy atom. The molecule has 1 aromatic rings. The van der Waals surface area contributed by atoms with Crippen LogP contribution < -0.4 is 10.1 Å². The number of carbonyl (C=O) groups is 1. The monoisotopic (exact) mass is 293 g/mol. The number of carbonyl (C=O) groups excluding carboxylic acids is 1. The molecule has 0 unspecified atom stereocenters. The summed E-state index contributed by atoms with van der Waals surface area (Å²) >= 11 is 15.7. The van der Waals surface area contributed by atoms with Crippen molar-refractivity contribution in [2.45, 2.75) is 6.42 Å². The molecule has 0 radical (unpaired) electrons. The zero-order chi connectivity index (χ0) is 12.7. The Morgan fingerprint density at radius 2 is 2.18 bits per heavy atom. The van der Waals surface area contributed by atoms with E-state index in [-0.39, 0.29) is 18.9 Å². The summed E-state index contributed by atoms with van der Waals surface area (Å²) in [6.07, 6.45) is 0.274. The summed E-state index contributed by atoms with van der Waals surface area (Å²) in [5, 5.41) is 3.49. The first-order valence-corrected chi connectivity index (χ1v) is 6.48. The highest BCUT2D eigenvalue weighted by Gasteiger charge is 2.06. The molecular weight excluding hydrogens is 281 g/mol. The Balaban J connectivity index is 2.36. The lowest BCUT2D eigenvalue weighted by Crippen LogP contribution is -2.26. The Morgan fingerprint density at radius 1 is 1.41 bits per heavy atom. The van der Waals surface area contributed by atoms with Crippen molar-refractivity contribution in [1.29, 1.82) is 0 Å². The molecule has 0 saturated heterocycles. The molecule has 1 amide bonds. The van der Waals surface area contributed by atoms with Crippen molar-refractivity contribution in [2.24, 2.45) is 0 Å². The van der Waals surface area contributed by atoms with E-state index in [1.54, 1.807) is 18.2 Å². The van der Waals surface area contributed by atoms with Gasteiger partial charge in [0.15, 0.2) is 0 Å².